The number of carboxylic acid groups (broad SMARTS) is 1. The molecule has 1 unspecified atom stereocenters. The smallest absolute Gasteiger partial charge is 0.335 e. The molecule has 2 rings (SSSR count). The van der Waals surface area contributed by atoms with Crippen LogP contribution in [0.15, 0.2) is 29.2 Å². The summed E-state index contributed by atoms with van der Waals surface area (Å²) in [5.41, 5.74) is 0.000580. The van der Waals surface area contributed by atoms with Crippen molar-refractivity contribution in [2.45, 2.75) is 17.4 Å². The lowest BCUT2D eigenvalue weighted by molar-refractivity contribution is -0.127. The number of rotatable bonds is 4. The molecule has 7 nitrogen and oxygen atoms in total. The van der Waals surface area contributed by atoms with Crippen LogP contribution in [0.1, 0.15) is 16.8 Å². The molecule has 8 heteroatoms. The second kappa shape index (κ2) is 5.22. The van der Waals surface area contributed by atoms with Crippen LogP contribution in [-0.2, 0) is 14.8 Å². The Morgan fingerprint density at radius 1 is 1.35 bits per heavy atom. The highest BCUT2D eigenvalue weighted by Gasteiger charge is 2.32. The molecule has 0 radical (unpaired) electrons. The summed E-state index contributed by atoms with van der Waals surface area (Å²) in [5.74, 6) is -1.40. The van der Waals surface area contributed by atoms with E-state index in [2.05, 4.69) is 4.72 Å². The van der Waals surface area contributed by atoms with Crippen molar-refractivity contribution in [1.82, 2.24) is 9.62 Å². The van der Waals surface area contributed by atoms with E-state index in [0.717, 1.165) is 0 Å². The maximum absolute atomic E-state index is 12.1. The van der Waals surface area contributed by atoms with Gasteiger partial charge in [0.1, 0.15) is 6.04 Å². The predicted molar refractivity (Wildman–Crippen MR) is 69.8 cm³/mol. The summed E-state index contributed by atoms with van der Waals surface area (Å²) in [5, 5.41) is 8.76. The SMILES string of the molecule is CN1CCC(NS(=O)(=O)c2ccc(C(=O)O)cc2)C1=O. The molecule has 1 saturated heterocycles. The van der Waals surface area contributed by atoms with Crippen LogP contribution >= 0.6 is 0 Å². The molecule has 1 aliphatic rings. The average Bonchev–Trinajstić information content (AvgIpc) is 2.70. The minimum Gasteiger partial charge on any atom is -0.478 e. The van der Waals surface area contributed by atoms with E-state index in [9.17, 15) is 18.0 Å². The summed E-state index contributed by atoms with van der Waals surface area (Å²) >= 11 is 0. The van der Waals surface area contributed by atoms with Crippen LogP contribution in [0.5, 0.6) is 0 Å². The molecule has 1 aliphatic heterocycles. The molecule has 108 valence electrons. The number of hydrogen-bond acceptors (Lipinski definition) is 4. The number of likely N-dealkylation sites (tertiary alicyclic amines) is 1. The molecule has 1 aromatic rings. The van der Waals surface area contributed by atoms with Gasteiger partial charge in [-0.1, -0.05) is 0 Å². The van der Waals surface area contributed by atoms with E-state index < -0.39 is 22.0 Å². The van der Waals surface area contributed by atoms with Crippen LogP contribution < -0.4 is 4.72 Å². The Kier molecular flexibility index (Phi) is 3.78. The Morgan fingerprint density at radius 3 is 2.40 bits per heavy atom. The van der Waals surface area contributed by atoms with Crippen LogP contribution in [0.3, 0.4) is 0 Å². The first kappa shape index (κ1) is 14.5. The number of carbonyl (C=O) groups is 2. The Bertz CT molecular complexity index is 638. The topological polar surface area (TPSA) is 104 Å². The van der Waals surface area contributed by atoms with E-state index in [0.29, 0.717) is 13.0 Å². The largest absolute Gasteiger partial charge is 0.478 e. The standard InChI is InChI=1S/C12H14N2O5S/c1-14-7-6-10(11(14)15)13-20(18,19)9-4-2-8(3-5-9)12(16)17/h2-5,10,13H,6-7H2,1H3,(H,16,17). The van der Waals surface area contributed by atoms with Crippen LogP contribution in [0.4, 0.5) is 0 Å². The number of hydrogen-bond donors (Lipinski definition) is 2. The average molecular weight is 298 g/mol. The lowest BCUT2D eigenvalue weighted by atomic mass is 10.2. The van der Waals surface area contributed by atoms with Gasteiger partial charge in [0.25, 0.3) is 0 Å². The molecule has 0 spiro atoms. The number of aromatic carboxylic acids is 1. The Labute approximate surface area is 116 Å². The molecular weight excluding hydrogens is 284 g/mol. The number of carbonyl (C=O) groups excluding carboxylic acids is 1. The number of benzene rings is 1. The van der Waals surface area contributed by atoms with Gasteiger partial charge in [-0.05, 0) is 30.7 Å². The molecule has 1 heterocycles. The second-order valence-corrected chi connectivity index (χ2v) is 6.27. The first-order chi connectivity index (χ1) is 9.31. The quantitative estimate of drug-likeness (QED) is 0.807. The van der Waals surface area contributed by atoms with Gasteiger partial charge < -0.3 is 10.0 Å². The van der Waals surface area contributed by atoms with E-state index in [1.807, 2.05) is 0 Å². The molecule has 0 aliphatic carbocycles. The number of amides is 1. The van der Waals surface area contributed by atoms with Gasteiger partial charge in [0.2, 0.25) is 15.9 Å². The minimum absolute atomic E-state index is 0.000580. The van der Waals surface area contributed by atoms with Crippen LogP contribution in [-0.4, -0.2) is 49.9 Å². The highest BCUT2D eigenvalue weighted by atomic mass is 32.2. The van der Waals surface area contributed by atoms with E-state index in [-0.39, 0.29) is 16.4 Å². The fourth-order valence-electron chi connectivity index (χ4n) is 1.96. The molecule has 0 aromatic heterocycles. The first-order valence-electron chi connectivity index (χ1n) is 5.92. The van der Waals surface area contributed by atoms with E-state index in [1.54, 1.807) is 7.05 Å². The zero-order valence-electron chi connectivity index (χ0n) is 10.7. The van der Waals surface area contributed by atoms with Crippen LogP contribution in [0, 0.1) is 0 Å². The Balaban J connectivity index is 2.18. The summed E-state index contributed by atoms with van der Waals surface area (Å²) in [6, 6.07) is 4.06. The van der Waals surface area contributed by atoms with Crippen molar-refractivity contribution in [2.75, 3.05) is 13.6 Å². The number of likely N-dealkylation sites (N-methyl/N-ethyl adjacent to an activating group) is 1. The van der Waals surface area contributed by atoms with Gasteiger partial charge in [0, 0.05) is 13.6 Å². The molecule has 1 amide bonds. The maximum atomic E-state index is 12.1. The Morgan fingerprint density at radius 2 is 1.95 bits per heavy atom. The molecule has 0 saturated carbocycles. The molecular formula is C12H14N2O5S. The number of nitrogens with zero attached hydrogens (tertiary/aromatic N) is 1. The van der Waals surface area contributed by atoms with Gasteiger partial charge in [-0.15, -0.1) is 0 Å². The summed E-state index contributed by atoms with van der Waals surface area (Å²) in [4.78, 5) is 23.8. The van der Waals surface area contributed by atoms with Gasteiger partial charge >= 0.3 is 5.97 Å². The normalized spacial score (nSPS) is 19.4. The van der Waals surface area contributed by atoms with Gasteiger partial charge in [-0.3, -0.25) is 4.79 Å². The van der Waals surface area contributed by atoms with Gasteiger partial charge in [0.15, 0.2) is 0 Å². The van der Waals surface area contributed by atoms with Gasteiger partial charge in [-0.25, -0.2) is 13.2 Å². The van der Waals surface area contributed by atoms with Crippen molar-refractivity contribution in [3.05, 3.63) is 29.8 Å². The van der Waals surface area contributed by atoms with Gasteiger partial charge in [-0.2, -0.15) is 4.72 Å². The summed E-state index contributed by atoms with van der Waals surface area (Å²) in [6.07, 6.45) is 0.418. The number of sulfonamides is 1. The van der Waals surface area contributed by atoms with E-state index >= 15 is 0 Å². The maximum Gasteiger partial charge on any atom is 0.335 e. The van der Waals surface area contributed by atoms with Crippen LogP contribution in [0.25, 0.3) is 0 Å². The monoisotopic (exact) mass is 298 g/mol. The lowest BCUT2D eigenvalue weighted by Gasteiger charge is -2.12. The van der Waals surface area contributed by atoms with E-state index in [1.165, 1.54) is 29.2 Å². The fourth-order valence-corrected chi connectivity index (χ4v) is 3.19. The second-order valence-electron chi connectivity index (χ2n) is 4.55. The molecule has 20 heavy (non-hydrogen) atoms. The van der Waals surface area contributed by atoms with Crippen LogP contribution in [0.2, 0.25) is 0 Å². The molecule has 0 bridgehead atoms. The molecule has 1 aromatic carbocycles. The third kappa shape index (κ3) is 2.81. The number of carboxylic acids is 1. The number of nitrogens with one attached hydrogen (secondary N) is 1. The summed E-state index contributed by atoms with van der Waals surface area (Å²) in [6.45, 7) is 0.504. The fraction of sp³-hybridized carbons (Fsp3) is 0.333. The predicted octanol–water partition coefficient (Wildman–Crippen LogP) is -0.106. The minimum atomic E-state index is -3.83. The summed E-state index contributed by atoms with van der Waals surface area (Å²) < 4.78 is 26.5. The third-order valence-electron chi connectivity index (χ3n) is 3.14. The first-order valence-corrected chi connectivity index (χ1v) is 7.40. The van der Waals surface area contributed by atoms with Crippen molar-refractivity contribution < 1.29 is 23.1 Å². The highest BCUT2D eigenvalue weighted by molar-refractivity contribution is 7.89. The zero-order valence-corrected chi connectivity index (χ0v) is 11.6. The third-order valence-corrected chi connectivity index (χ3v) is 4.62. The van der Waals surface area contributed by atoms with Crippen molar-refractivity contribution >= 4 is 21.9 Å². The van der Waals surface area contributed by atoms with Gasteiger partial charge in [0.05, 0.1) is 10.5 Å². The molecule has 1 atom stereocenters. The van der Waals surface area contributed by atoms with Crippen molar-refractivity contribution in [1.29, 1.82) is 0 Å². The van der Waals surface area contributed by atoms with Crippen molar-refractivity contribution in [3.63, 3.8) is 0 Å². The van der Waals surface area contributed by atoms with Crippen molar-refractivity contribution in [3.8, 4) is 0 Å². The molecule has 2 N–H and O–H groups in total. The highest BCUT2D eigenvalue weighted by Crippen LogP contribution is 2.15. The zero-order chi connectivity index (χ0) is 14.9. The Hall–Kier alpha value is -1.93. The lowest BCUT2D eigenvalue weighted by Crippen LogP contribution is -2.40. The molecule has 1 fully saturated rings. The van der Waals surface area contributed by atoms with E-state index in [4.69, 9.17) is 5.11 Å². The van der Waals surface area contributed by atoms with Crippen molar-refractivity contribution in [2.24, 2.45) is 0 Å². The summed E-state index contributed by atoms with van der Waals surface area (Å²) in [7, 11) is -2.22.